The summed E-state index contributed by atoms with van der Waals surface area (Å²) in [5, 5.41) is 20.2. The molecule has 0 aliphatic carbocycles. The van der Waals surface area contributed by atoms with Gasteiger partial charge in [0.05, 0.1) is 11.8 Å². The summed E-state index contributed by atoms with van der Waals surface area (Å²) in [6.45, 7) is 13.2. The van der Waals surface area contributed by atoms with Crippen molar-refractivity contribution in [3.63, 3.8) is 0 Å². The Morgan fingerprint density at radius 3 is 2.09 bits per heavy atom. The summed E-state index contributed by atoms with van der Waals surface area (Å²) in [5.41, 5.74) is -0.159. The quantitative estimate of drug-likeness (QED) is 0.178. The van der Waals surface area contributed by atoms with Crippen LogP contribution in [0.2, 0.25) is 0 Å². The second-order valence-electron chi connectivity index (χ2n) is 7.20. The molecule has 0 saturated heterocycles. The standard InChI is InChI=1S/C26H22O9/c1-6-20(27)18-13-22(29)16(11-23(18)35-25(31)15(4)5)9-10-33-26(32)19-12-17(7-8-21(19)28)34-24(30)14(2)3/h6-13,28-29H,1-2,4H2,3,5H3/b10-9+. The van der Waals surface area contributed by atoms with Gasteiger partial charge in [-0.2, -0.15) is 0 Å². The lowest BCUT2D eigenvalue weighted by Crippen LogP contribution is -2.11. The van der Waals surface area contributed by atoms with Crippen LogP contribution in [0.15, 0.2) is 73.6 Å². The van der Waals surface area contributed by atoms with E-state index in [9.17, 15) is 29.4 Å². The fraction of sp³-hybridized carbons (Fsp3) is 0.0769. The Kier molecular flexibility index (Phi) is 8.49. The molecule has 2 aromatic rings. The Bertz CT molecular complexity index is 1280. The second-order valence-corrected chi connectivity index (χ2v) is 7.20. The van der Waals surface area contributed by atoms with Crippen molar-refractivity contribution in [2.75, 3.05) is 0 Å². The first-order valence-corrected chi connectivity index (χ1v) is 9.94. The van der Waals surface area contributed by atoms with Gasteiger partial charge < -0.3 is 24.4 Å². The average molecular weight is 478 g/mol. The van der Waals surface area contributed by atoms with Crippen LogP contribution >= 0.6 is 0 Å². The van der Waals surface area contributed by atoms with E-state index in [1.54, 1.807) is 0 Å². The molecule has 0 unspecified atom stereocenters. The Morgan fingerprint density at radius 1 is 0.857 bits per heavy atom. The summed E-state index contributed by atoms with van der Waals surface area (Å²) < 4.78 is 15.2. The summed E-state index contributed by atoms with van der Waals surface area (Å²) in [6.07, 6.45) is 3.05. The van der Waals surface area contributed by atoms with E-state index < -0.39 is 29.4 Å². The van der Waals surface area contributed by atoms with Gasteiger partial charge in [-0.3, -0.25) is 4.79 Å². The SMILES string of the molecule is C=CC(=O)c1cc(O)c(/C=C/OC(=O)c2cc(OC(=O)C(=C)C)ccc2O)cc1OC(=O)C(=C)C. The number of rotatable bonds is 9. The zero-order chi connectivity index (χ0) is 26.3. The van der Waals surface area contributed by atoms with E-state index in [4.69, 9.17) is 14.2 Å². The van der Waals surface area contributed by atoms with E-state index in [2.05, 4.69) is 19.7 Å². The van der Waals surface area contributed by atoms with Crippen molar-refractivity contribution >= 4 is 29.8 Å². The maximum Gasteiger partial charge on any atom is 0.346 e. The number of carbonyl (C=O) groups is 4. The molecule has 35 heavy (non-hydrogen) atoms. The van der Waals surface area contributed by atoms with Crippen LogP contribution < -0.4 is 9.47 Å². The molecule has 0 radical (unpaired) electrons. The van der Waals surface area contributed by atoms with Gasteiger partial charge in [0, 0.05) is 16.7 Å². The van der Waals surface area contributed by atoms with Gasteiger partial charge in [0.2, 0.25) is 0 Å². The summed E-state index contributed by atoms with van der Waals surface area (Å²) in [4.78, 5) is 48.1. The van der Waals surface area contributed by atoms with Crippen LogP contribution in [-0.2, 0) is 14.3 Å². The predicted octanol–water partition coefficient (Wildman–Crippen LogP) is 4.26. The van der Waals surface area contributed by atoms with Crippen molar-refractivity contribution in [1.82, 2.24) is 0 Å². The zero-order valence-electron chi connectivity index (χ0n) is 19.0. The second kappa shape index (κ2) is 11.3. The molecule has 0 saturated carbocycles. The van der Waals surface area contributed by atoms with Gasteiger partial charge >= 0.3 is 17.9 Å². The zero-order valence-corrected chi connectivity index (χ0v) is 19.0. The molecule has 0 aromatic heterocycles. The number of hydrogen-bond acceptors (Lipinski definition) is 9. The lowest BCUT2D eigenvalue weighted by Gasteiger charge is -2.11. The van der Waals surface area contributed by atoms with Gasteiger partial charge in [0.1, 0.15) is 28.6 Å². The van der Waals surface area contributed by atoms with Gasteiger partial charge in [-0.25, -0.2) is 14.4 Å². The highest BCUT2D eigenvalue weighted by molar-refractivity contribution is 6.07. The average Bonchev–Trinajstić information content (AvgIpc) is 2.80. The van der Waals surface area contributed by atoms with E-state index in [1.807, 2.05) is 0 Å². The molecule has 2 aromatic carbocycles. The number of carbonyl (C=O) groups excluding carboxylic acids is 4. The molecule has 0 bridgehead atoms. The smallest absolute Gasteiger partial charge is 0.346 e. The number of ether oxygens (including phenoxy) is 3. The minimum absolute atomic E-state index is 0.0178. The van der Waals surface area contributed by atoms with E-state index >= 15 is 0 Å². The van der Waals surface area contributed by atoms with Crippen LogP contribution in [0.3, 0.4) is 0 Å². The van der Waals surface area contributed by atoms with Crippen LogP contribution in [0.5, 0.6) is 23.0 Å². The highest BCUT2D eigenvalue weighted by Crippen LogP contribution is 2.31. The predicted molar refractivity (Wildman–Crippen MR) is 126 cm³/mol. The minimum atomic E-state index is -1.00. The molecule has 0 amide bonds. The van der Waals surface area contributed by atoms with Crippen molar-refractivity contribution in [3.8, 4) is 23.0 Å². The van der Waals surface area contributed by atoms with Crippen molar-refractivity contribution < 1.29 is 43.6 Å². The number of benzene rings is 2. The molecule has 0 spiro atoms. The van der Waals surface area contributed by atoms with Gasteiger partial charge in [-0.05, 0) is 56.3 Å². The van der Waals surface area contributed by atoms with Crippen LogP contribution in [0, 0.1) is 0 Å². The topological polar surface area (TPSA) is 136 Å². The number of ketones is 1. The Hall–Kier alpha value is -4.92. The molecule has 2 rings (SSSR count). The van der Waals surface area contributed by atoms with Crippen molar-refractivity contribution in [2.24, 2.45) is 0 Å². The largest absolute Gasteiger partial charge is 0.507 e. The van der Waals surface area contributed by atoms with Crippen molar-refractivity contribution in [2.45, 2.75) is 13.8 Å². The van der Waals surface area contributed by atoms with Crippen LogP contribution in [-0.4, -0.2) is 33.9 Å². The summed E-state index contributed by atoms with van der Waals surface area (Å²) >= 11 is 0. The molecular weight excluding hydrogens is 456 g/mol. The normalized spacial score (nSPS) is 10.3. The molecule has 0 aliphatic heterocycles. The summed E-state index contributed by atoms with van der Waals surface area (Å²) in [5.74, 6) is -4.11. The van der Waals surface area contributed by atoms with Crippen LogP contribution in [0.25, 0.3) is 6.08 Å². The molecule has 180 valence electrons. The number of aromatic hydroxyl groups is 2. The Labute approximate surface area is 200 Å². The number of esters is 3. The minimum Gasteiger partial charge on any atom is -0.507 e. The van der Waals surface area contributed by atoms with Crippen molar-refractivity contribution in [3.05, 3.63) is 90.2 Å². The monoisotopic (exact) mass is 478 g/mol. The molecule has 0 atom stereocenters. The molecule has 0 fully saturated rings. The molecule has 9 heteroatoms. The lowest BCUT2D eigenvalue weighted by atomic mass is 10.0. The van der Waals surface area contributed by atoms with E-state index in [1.165, 1.54) is 26.0 Å². The fourth-order valence-corrected chi connectivity index (χ4v) is 2.46. The molecule has 0 aliphatic rings. The van der Waals surface area contributed by atoms with Gasteiger partial charge in [0.25, 0.3) is 0 Å². The van der Waals surface area contributed by atoms with Gasteiger partial charge in [0.15, 0.2) is 5.78 Å². The molecule has 9 nitrogen and oxygen atoms in total. The first kappa shape index (κ1) is 26.3. The molecular formula is C26H22O9. The van der Waals surface area contributed by atoms with E-state index in [-0.39, 0.29) is 45.1 Å². The van der Waals surface area contributed by atoms with Crippen molar-refractivity contribution in [1.29, 1.82) is 0 Å². The molecule has 2 N–H and O–H groups in total. The maximum atomic E-state index is 12.4. The third-order valence-electron chi connectivity index (χ3n) is 4.30. The number of phenols is 2. The van der Waals surface area contributed by atoms with E-state index in [0.717, 1.165) is 36.6 Å². The highest BCUT2D eigenvalue weighted by Gasteiger charge is 2.18. The van der Waals surface area contributed by atoms with Gasteiger partial charge in [-0.15, -0.1) is 0 Å². The molecule has 0 heterocycles. The lowest BCUT2D eigenvalue weighted by molar-refractivity contribution is -0.130. The van der Waals surface area contributed by atoms with Gasteiger partial charge in [-0.1, -0.05) is 19.7 Å². The summed E-state index contributed by atoms with van der Waals surface area (Å²) in [7, 11) is 0. The number of allylic oxidation sites excluding steroid dienone is 1. The Balaban J connectivity index is 2.29. The Morgan fingerprint density at radius 2 is 1.49 bits per heavy atom. The number of phenolic OH excluding ortho intramolecular Hbond substituents is 2. The van der Waals surface area contributed by atoms with Crippen LogP contribution in [0.1, 0.15) is 40.1 Å². The third-order valence-corrected chi connectivity index (χ3v) is 4.30. The first-order chi connectivity index (χ1) is 16.4. The third kappa shape index (κ3) is 6.78. The highest BCUT2D eigenvalue weighted by atomic mass is 16.5. The maximum absolute atomic E-state index is 12.4. The fourth-order valence-electron chi connectivity index (χ4n) is 2.46. The van der Waals surface area contributed by atoms with Crippen LogP contribution in [0.4, 0.5) is 0 Å². The first-order valence-electron chi connectivity index (χ1n) is 9.94. The van der Waals surface area contributed by atoms with E-state index in [0.29, 0.717) is 0 Å². The number of hydrogen-bond donors (Lipinski definition) is 2. The summed E-state index contributed by atoms with van der Waals surface area (Å²) in [6, 6.07) is 5.78.